The first-order chi connectivity index (χ1) is 15.2. The molecule has 10 heteroatoms. The van der Waals surface area contributed by atoms with E-state index in [1.54, 1.807) is 12.1 Å². The summed E-state index contributed by atoms with van der Waals surface area (Å²) in [5.41, 5.74) is 0.209. The number of ether oxygens (including phenoxy) is 1. The minimum atomic E-state index is -4.29. The molecule has 3 aromatic rings. The lowest BCUT2D eigenvalue weighted by Gasteiger charge is -2.22. The molecule has 1 amide bonds. The molecule has 0 aliphatic carbocycles. The van der Waals surface area contributed by atoms with Crippen LogP contribution >= 0.6 is 11.6 Å². The van der Waals surface area contributed by atoms with E-state index >= 15 is 0 Å². The molecule has 0 aromatic heterocycles. The Kier molecular flexibility index (Phi) is 6.92. The van der Waals surface area contributed by atoms with Crippen molar-refractivity contribution in [1.82, 2.24) is 0 Å². The standard InChI is InChI=1S/C22H17ClN2O6S/c1-31-21-12-11-17(15-20(21)23)24(32(29,30)19-8-3-2-4-9-19)22(26)13-10-16-6-5-7-18(14-16)25(27)28/h2-15H,1H3/b13-10+. The lowest BCUT2D eigenvalue weighted by molar-refractivity contribution is -0.384. The van der Waals surface area contributed by atoms with Crippen molar-refractivity contribution in [3.05, 3.63) is 99.6 Å². The average Bonchev–Trinajstić information content (AvgIpc) is 2.78. The number of non-ortho nitro benzene ring substituents is 1. The number of nitrogens with zero attached hydrogens (tertiary/aromatic N) is 2. The lowest BCUT2D eigenvalue weighted by Crippen LogP contribution is -2.35. The Hall–Kier alpha value is -3.69. The molecule has 0 saturated carbocycles. The minimum absolute atomic E-state index is 0.00773. The highest BCUT2D eigenvalue weighted by Crippen LogP contribution is 2.32. The maximum atomic E-state index is 13.3. The van der Waals surface area contributed by atoms with Gasteiger partial charge in [0, 0.05) is 18.2 Å². The molecule has 0 aliphatic rings. The smallest absolute Gasteiger partial charge is 0.271 e. The van der Waals surface area contributed by atoms with Crippen LogP contribution in [0.2, 0.25) is 5.02 Å². The Labute approximate surface area is 189 Å². The lowest BCUT2D eigenvalue weighted by atomic mass is 10.2. The number of nitro groups is 1. The summed E-state index contributed by atoms with van der Waals surface area (Å²) in [4.78, 5) is 23.4. The van der Waals surface area contributed by atoms with Crippen LogP contribution in [0.25, 0.3) is 6.08 Å². The zero-order valence-corrected chi connectivity index (χ0v) is 18.3. The Morgan fingerprint density at radius 3 is 2.41 bits per heavy atom. The van der Waals surface area contributed by atoms with E-state index in [4.69, 9.17) is 16.3 Å². The molecule has 0 atom stereocenters. The summed E-state index contributed by atoms with van der Waals surface area (Å²) in [5, 5.41) is 11.1. The molecule has 0 unspecified atom stereocenters. The van der Waals surface area contributed by atoms with Crippen LogP contribution in [0.15, 0.2) is 83.8 Å². The molecule has 0 heterocycles. The predicted molar refractivity (Wildman–Crippen MR) is 121 cm³/mol. The molecule has 0 spiro atoms. The van der Waals surface area contributed by atoms with Gasteiger partial charge in [-0.3, -0.25) is 14.9 Å². The Bertz CT molecular complexity index is 1290. The molecule has 8 nitrogen and oxygen atoms in total. The largest absolute Gasteiger partial charge is 0.495 e. The SMILES string of the molecule is COc1ccc(N(C(=O)/C=C/c2cccc([N+](=O)[O-])c2)S(=O)(=O)c2ccccc2)cc1Cl. The number of sulfonamides is 1. The number of halogens is 1. The summed E-state index contributed by atoms with van der Waals surface area (Å²) in [6.45, 7) is 0. The number of anilines is 1. The van der Waals surface area contributed by atoms with Gasteiger partial charge in [0.2, 0.25) is 0 Å². The molecular formula is C22H17ClN2O6S. The third-order valence-electron chi connectivity index (χ3n) is 4.35. The second-order valence-corrected chi connectivity index (χ2v) is 8.62. The van der Waals surface area contributed by atoms with Crippen molar-refractivity contribution in [3.63, 3.8) is 0 Å². The number of hydrogen-bond donors (Lipinski definition) is 0. The van der Waals surface area contributed by atoms with Gasteiger partial charge < -0.3 is 4.74 Å². The van der Waals surface area contributed by atoms with Gasteiger partial charge in [-0.1, -0.05) is 41.9 Å². The molecule has 3 rings (SSSR count). The number of nitro benzene ring substituents is 1. The summed E-state index contributed by atoms with van der Waals surface area (Å²) in [7, 11) is -2.88. The predicted octanol–water partition coefficient (Wildman–Crippen LogP) is 4.69. The number of rotatable bonds is 7. The molecule has 0 saturated heterocycles. The number of amides is 1. The maximum Gasteiger partial charge on any atom is 0.271 e. The maximum absolute atomic E-state index is 13.3. The van der Waals surface area contributed by atoms with Gasteiger partial charge in [-0.05, 0) is 42.0 Å². The second kappa shape index (κ2) is 9.63. The van der Waals surface area contributed by atoms with Crippen LogP contribution in [0, 0.1) is 10.1 Å². The van der Waals surface area contributed by atoms with E-state index in [9.17, 15) is 23.3 Å². The van der Waals surface area contributed by atoms with Crippen molar-refractivity contribution < 1.29 is 22.9 Å². The highest BCUT2D eigenvalue weighted by Gasteiger charge is 2.30. The highest BCUT2D eigenvalue weighted by atomic mass is 35.5. The number of hydrogen-bond acceptors (Lipinski definition) is 6. The normalized spacial score (nSPS) is 11.3. The van der Waals surface area contributed by atoms with Crippen molar-refractivity contribution in [2.24, 2.45) is 0 Å². The molecule has 0 aliphatic heterocycles. The first-order valence-electron chi connectivity index (χ1n) is 9.14. The van der Waals surface area contributed by atoms with E-state index in [2.05, 4.69) is 0 Å². The van der Waals surface area contributed by atoms with Crippen LogP contribution in [0.3, 0.4) is 0 Å². The summed E-state index contributed by atoms with van der Waals surface area (Å²) >= 11 is 6.15. The molecule has 0 N–H and O–H groups in total. The monoisotopic (exact) mass is 472 g/mol. The van der Waals surface area contributed by atoms with Gasteiger partial charge in [-0.25, -0.2) is 8.42 Å². The van der Waals surface area contributed by atoms with Crippen LogP contribution < -0.4 is 9.04 Å². The van der Waals surface area contributed by atoms with E-state index in [-0.39, 0.29) is 21.3 Å². The Morgan fingerprint density at radius 2 is 1.78 bits per heavy atom. The van der Waals surface area contributed by atoms with Gasteiger partial charge in [0.25, 0.3) is 21.6 Å². The van der Waals surface area contributed by atoms with Gasteiger partial charge in [0.15, 0.2) is 0 Å². The van der Waals surface area contributed by atoms with Crippen molar-refractivity contribution in [2.45, 2.75) is 4.90 Å². The van der Waals surface area contributed by atoms with Gasteiger partial charge in [0.1, 0.15) is 5.75 Å². The van der Waals surface area contributed by atoms with Gasteiger partial charge in [0.05, 0.1) is 27.6 Å². The Balaban J connectivity index is 2.06. The zero-order chi connectivity index (χ0) is 23.3. The zero-order valence-electron chi connectivity index (χ0n) is 16.7. The third kappa shape index (κ3) is 4.96. The fourth-order valence-corrected chi connectivity index (χ4v) is 4.49. The summed E-state index contributed by atoms with van der Waals surface area (Å²) in [5.74, 6) is -0.575. The van der Waals surface area contributed by atoms with Crippen LogP contribution in [0.4, 0.5) is 11.4 Å². The van der Waals surface area contributed by atoms with Crippen molar-refractivity contribution in [1.29, 1.82) is 0 Å². The number of carbonyl (C=O) groups excluding carboxylic acids is 1. The first kappa shape index (κ1) is 23.0. The number of methoxy groups -OCH3 is 1. The van der Waals surface area contributed by atoms with E-state index in [0.29, 0.717) is 15.6 Å². The van der Waals surface area contributed by atoms with E-state index in [0.717, 1.165) is 6.08 Å². The number of benzene rings is 3. The fourth-order valence-electron chi connectivity index (χ4n) is 2.84. The van der Waals surface area contributed by atoms with E-state index in [1.807, 2.05) is 0 Å². The number of carbonyl (C=O) groups is 1. The van der Waals surface area contributed by atoms with E-state index < -0.39 is 20.9 Å². The highest BCUT2D eigenvalue weighted by molar-refractivity contribution is 7.93. The molecule has 0 fully saturated rings. The molecule has 32 heavy (non-hydrogen) atoms. The quantitative estimate of drug-likeness (QED) is 0.280. The molecule has 0 radical (unpaired) electrons. The van der Waals surface area contributed by atoms with E-state index in [1.165, 1.54) is 73.8 Å². The average molecular weight is 473 g/mol. The fraction of sp³-hybridized carbons (Fsp3) is 0.0455. The van der Waals surface area contributed by atoms with Gasteiger partial charge in [-0.15, -0.1) is 0 Å². The molecule has 164 valence electrons. The van der Waals surface area contributed by atoms with Crippen LogP contribution in [-0.4, -0.2) is 26.4 Å². The van der Waals surface area contributed by atoms with Gasteiger partial charge in [-0.2, -0.15) is 4.31 Å². The van der Waals surface area contributed by atoms with Crippen molar-refractivity contribution in [2.75, 3.05) is 11.4 Å². The third-order valence-corrected chi connectivity index (χ3v) is 6.39. The van der Waals surface area contributed by atoms with Gasteiger partial charge >= 0.3 is 0 Å². The second-order valence-electron chi connectivity index (χ2n) is 6.43. The summed E-state index contributed by atoms with van der Waals surface area (Å²) < 4.78 is 32.3. The van der Waals surface area contributed by atoms with Crippen molar-refractivity contribution in [3.8, 4) is 5.75 Å². The van der Waals surface area contributed by atoms with Crippen molar-refractivity contribution >= 4 is 45.0 Å². The first-order valence-corrected chi connectivity index (χ1v) is 11.0. The van der Waals surface area contributed by atoms with Crippen LogP contribution in [0.1, 0.15) is 5.56 Å². The van der Waals surface area contributed by atoms with Crippen LogP contribution in [-0.2, 0) is 14.8 Å². The topological polar surface area (TPSA) is 107 Å². The Morgan fingerprint density at radius 1 is 1.06 bits per heavy atom. The molecule has 3 aromatic carbocycles. The molecule has 0 bridgehead atoms. The summed E-state index contributed by atoms with van der Waals surface area (Å²) in [6, 6.07) is 17.2. The molecular weight excluding hydrogens is 456 g/mol. The van der Waals surface area contributed by atoms with Crippen LogP contribution in [0.5, 0.6) is 5.75 Å². The minimum Gasteiger partial charge on any atom is -0.495 e. The summed E-state index contributed by atoms with van der Waals surface area (Å²) in [6.07, 6.45) is 2.33.